The van der Waals surface area contributed by atoms with Crippen LogP contribution < -0.4 is 9.47 Å². The summed E-state index contributed by atoms with van der Waals surface area (Å²) in [5.74, 6) is 1.87. The fourth-order valence-electron chi connectivity index (χ4n) is 2.40. The molecule has 0 bridgehead atoms. The van der Waals surface area contributed by atoms with E-state index >= 15 is 0 Å². The van der Waals surface area contributed by atoms with Gasteiger partial charge in [-0.05, 0) is 35.9 Å². The van der Waals surface area contributed by atoms with E-state index in [2.05, 4.69) is 66.0 Å². The van der Waals surface area contributed by atoms with Gasteiger partial charge in [0.1, 0.15) is 18.1 Å². The van der Waals surface area contributed by atoms with E-state index in [1.54, 1.807) is 0 Å². The van der Waals surface area contributed by atoms with Gasteiger partial charge in [0.05, 0.1) is 6.61 Å². The van der Waals surface area contributed by atoms with E-state index in [0.717, 1.165) is 49.9 Å². The van der Waals surface area contributed by atoms with Gasteiger partial charge in [-0.2, -0.15) is 0 Å². The molecule has 1 aliphatic heterocycles. The Morgan fingerprint density at radius 2 is 1.86 bits per heavy atom. The third-order valence-corrected chi connectivity index (χ3v) is 4.93. The Morgan fingerprint density at radius 3 is 2.67 bits per heavy atom. The largest absolute Gasteiger partial charge is 0.493 e. The minimum Gasteiger partial charge on any atom is -0.493 e. The maximum Gasteiger partial charge on any atom is 0.129 e. The molecule has 0 N–H and O–H groups in total. The molecular formula is C16H13Br3O2. The summed E-state index contributed by atoms with van der Waals surface area (Å²) in [6, 6.07) is 10.2. The van der Waals surface area contributed by atoms with Gasteiger partial charge in [-0.25, -0.2) is 0 Å². The van der Waals surface area contributed by atoms with Crippen LogP contribution in [0.15, 0.2) is 39.3 Å². The Balaban J connectivity index is 1.83. The SMILES string of the molecule is BrCc1cc(Br)ccc1OCc1cc(Br)cc2c1OCC2. The van der Waals surface area contributed by atoms with Crippen LogP contribution in [0.1, 0.15) is 16.7 Å². The van der Waals surface area contributed by atoms with Gasteiger partial charge >= 0.3 is 0 Å². The summed E-state index contributed by atoms with van der Waals surface area (Å²) in [5, 5.41) is 0.759. The van der Waals surface area contributed by atoms with E-state index in [-0.39, 0.29) is 0 Å². The lowest BCUT2D eigenvalue weighted by molar-refractivity contribution is 0.290. The molecule has 0 aromatic heterocycles. The van der Waals surface area contributed by atoms with Crippen LogP contribution in [0.3, 0.4) is 0 Å². The van der Waals surface area contributed by atoms with Crippen molar-refractivity contribution >= 4 is 47.8 Å². The monoisotopic (exact) mass is 474 g/mol. The smallest absolute Gasteiger partial charge is 0.129 e. The molecule has 110 valence electrons. The molecule has 2 aromatic rings. The summed E-state index contributed by atoms with van der Waals surface area (Å²) >= 11 is 10.5. The minimum atomic E-state index is 0.503. The van der Waals surface area contributed by atoms with E-state index in [1.165, 1.54) is 5.56 Å². The predicted molar refractivity (Wildman–Crippen MR) is 94.4 cm³/mol. The Bertz CT molecular complexity index is 671. The zero-order valence-corrected chi connectivity index (χ0v) is 15.9. The number of hydrogen-bond acceptors (Lipinski definition) is 2. The number of halogens is 3. The normalized spacial score (nSPS) is 12.9. The topological polar surface area (TPSA) is 18.5 Å². The molecule has 5 heteroatoms. The molecule has 2 aromatic carbocycles. The van der Waals surface area contributed by atoms with Crippen LogP contribution in [-0.4, -0.2) is 6.61 Å². The minimum absolute atomic E-state index is 0.503. The maximum absolute atomic E-state index is 6.00. The average Bonchev–Trinajstić information content (AvgIpc) is 2.93. The van der Waals surface area contributed by atoms with Crippen LogP contribution in [0.5, 0.6) is 11.5 Å². The number of rotatable bonds is 4. The zero-order chi connectivity index (χ0) is 14.8. The molecule has 0 saturated carbocycles. The van der Waals surface area contributed by atoms with Gasteiger partial charge in [0.2, 0.25) is 0 Å². The van der Waals surface area contributed by atoms with Crippen molar-refractivity contribution in [2.45, 2.75) is 18.4 Å². The van der Waals surface area contributed by atoms with E-state index in [4.69, 9.17) is 9.47 Å². The van der Waals surface area contributed by atoms with Crippen molar-refractivity contribution in [1.82, 2.24) is 0 Å². The lowest BCUT2D eigenvalue weighted by Crippen LogP contribution is -2.00. The molecule has 1 aliphatic rings. The molecule has 0 amide bonds. The van der Waals surface area contributed by atoms with Crippen molar-refractivity contribution in [3.63, 3.8) is 0 Å². The molecule has 3 rings (SSSR count). The van der Waals surface area contributed by atoms with Crippen molar-refractivity contribution in [3.8, 4) is 11.5 Å². The van der Waals surface area contributed by atoms with Crippen LogP contribution >= 0.6 is 47.8 Å². The number of fused-ring (bicyclic) bond motifs is 1. The second kappa shape index (κ2) is 6.71. The standard InChI is InChI=1S/C16H13Br3O2/c17-8-11-6-13(18)1-2-15(11)21-9-12-7-14(19)5-10-3-4-20-16(10)12/h1-2,5-7H,3-4,8-9H2. The number of alkyl halides is 1. The lowest BCUT2D eigenvalue weighted by Gasteiger charge is -2.13. The number of ether oxygens (including phenoxy) is 2. The Kier molecular flexibility index (Phi) is 4.92. The van der Waals surface area contributed by atoms with Gasteiger partial charge in [0.15, 0.2) is 0 Å². The molecule has 2 nitrogen and oxygen atoms in total. The highest BCUT2D eigenvalue weighted by Gasteiger charge is 2.18. The maximum atomic E-state index is 6.00. The molecule has 0 unspecified atom stereocenters. The van der Waals surface area contributed by atoms with Crippen LogP contribution in [0.2, 0.25) is 0 Å². The molecule has 21 heavy (non-hydrogen) atoms. The van der Waals surface area contributed by atoms with Crippen molar-refractivity contribution in [3.05, 3.63) is 56.0 Å². The van der Waals surface area contributed by atoms with Gasteiger partial charge in [0, 0.05) is 31.8 Å². The summed E-state index contributed by atoms with van der Waals surface area (Å²) in [4.78, 5) is 0. The van der Waals surface area contributed by atoms with E-state index in [0.29, 0.717) is 6.61 Å². The highest BCUT2D eigenvalue weighted by molar-refractivity contribution is 9.10. The molecule has 0 fully saturated rings. The highest BCUT2D eigenvalue weighted by atomic mass is 79.9. The number of hydrogen-bond donors (Lipinski definition) is 0. The Morgan fingerprint density at radius 1 is 1.05 bits per heavy atom. The first kappa shape index (κ1) is 15.4. The van der Waals surface area contributed by atoms with Crippen LogP contribution in [0, 0.1) is 0 Å². The molecule has 1 heterocycles. The van der Waals surface area contributed by atoms with Crippen molar-refractivity contribution < 1.29 is 9.47 Å². The molecular weight excluding hydrogens is 464 g/mol. The molecule has 0 spiro atoms. The van der Waals surface area contributed by atoms with Gasteiger partial charge in [-0.1, -0.05) is 47.8 Å². The van der Waals surface area contributed by atoms with Gasteiger partial charge in [-0.15, -0.1) is 0 Å². The molecule has 0 aliphatic carbocycles. The summed E-state index contributed by atoms with van der Waals surface area (Å²) in [5.41, 5.74) is 3.46. The number of benzene rings is 2. The van der Waals surface area contributed by atoms with E-state index < -0.39 is 0 Å². The summed E-state index contributed by atoms with van der Waals surface area (Å²) in [7, 11) is 0. The quantitative estimate of drug-likeness (QED) is 0.533. The molecule has 0 saturated heterocycles. The second-order valence-electron chi connectivity index (χ2n) is 4.83. The van der Waals surface area contributed by atoms with E-state index in [1.807, 2.05) is 12.1 Å². The molecule has 0 radical (unpaired) electrons. The van der Waals surface area contributed by atoms with Crippen molar-refractivity contribution in [1.29, 1.82) is 0 Å². The van der Waals surface area contributed by atoms with Crippen LogP contribution in [0.25, 0.3) is 0 Å². The van der Waals surface area contributed by atoms with Crippen LogP contribution in [0.4, 0.5) is 0 Å². The van der Waals surface area contributed by atoms with Crippen LogP contribution in [-0.2, 0) is 18.4 Å². The van der Waals surface area contributed by atoms with Crippen molar-refractivity contribution in [2.75, 3.05) is 6.61 Å². The Labute approximate surface area is 149 Å². The van der Waals surface area contributed by atoms with Gasteiger partial charge < -0.3 is 9.47 Å². The first-order chi connectivity index (χ1) is 10.2. The first-order valence-electron chi connectivity index (χ1n) is 6.58. The third-order valence-electron chi connectivity index (χ3n) is 3.38. The molecule has 0 atom stereocenters. The predicted octanol–water partition coefficient (Wildman–Crippen LogP) is 5.62. The Hall–Kier alpha value is -0.520. The highest BCUT2D eigenvalue weighted by Crippen LogP contribution is 2.34. The zero-order valence-electron chi connectivity index (χ0n) is 11.2. The fraction of sp³-hybridized carbons (Fsp3) is 0.250. The van der Waals surface area contributed by atoms with Crippen molar-refractivity contribution in [2.24, 2.45) is 0 Å². The first-order valence-corrected chi connectivity index (χ1v) is 9.29. The third kappa shape index (κ3) is 3.46. The fourth-order valence-corrected chi connectivity index (χ4v) is 3.80. The average molecular weight is 477 g/mol. The van der Waals surface area contributed by atoms with E-state index in [9.17, 15) is 0 Å². The summed E-state index contributed by atoms with van der Waals surface area (Å²) < 4.78 is 13.9. The van der Waals surface area contributed by atoms with Gasteiger partial charge in [-0.3, -0.25) is 0 Å². The summed E-state index contributed by atoms with van der Waals surface area (Å²) in [6.07, 6.45) is 0.965. The lowest BCUT2D eigenvalue weighted by atomic mass is 10.1. The summed E-state index contributed by atoms with van der Waals surface area (Å²) in [6.45, 7) is 1.26. The second-order valence-corrected chi connectivity index (χ2v) is 7.22. The van der Waals surface area contributed by atoms with Gasteiger partial charge in [0.25, 0.3) is 0 Å².